The Balaban J connectivity index is 2.12. The number of nitrogens with two attached hydrogens (primary N) is 1. The first-order valence-corrected chi connectivity index (χ1v) is 8.03. The van der Waals surface area contributed by atoms with Crippen molar-refractivity contribution in [2.75, 3.05) is 20.1 Å². The lowest BCUT2D eigenvalue weighted by Gasteiger charge is -2.29. The summed E-state index contributed by atoms with van der Waals surface area (Å²) in [6.45, 7) is 5.12. The molecule has 5 nitrogen and oxygen atoms in total. The second-order valence-corrected chi connectivity index (χ2v) is 6.87. The zero-order valence-corrected chi connectivity index (χ0v) is 14.9. The summed E-state index contributed by atoms with van der Waals surface area (Å²) >= 11 is 6.26. The van der Waals surface area contributed by atoms with Gasteiger partial charge in [0, 0.05) is 31.5 Å². The van der Waals surface area contributed by atoms with Crippen molar-refractivity contribution in [3.8, 4) is 11.5 Å². The highest BCUT2D eigenvalue weighted by Crippen LogP contribution is 2.30. The summed E-state index contributed by atoms with van der Waals surface area (Å²) in [6, 6.07) is 8.48. The van der Waals surface area contributed by atoms with E-state index in [9.17, 15) is 4.79 Å². The van der Waals surface area contributed by atoms with Crippen LogP contribution in [-0.2, 0) is 0 Å². The molecule has 1 aromatic carbocycles. The minimum absolute atomic E-state index is 0.103. The van der Waals surface area contributed by atoms with E-state index in [1.54, 1.807) is 54.7 Å². The number of halogens is 1. The number of hydrogen-bond donors (Lipinski definition) is 1. The summed E-state index contributed by atoms with van der Waals surface area (Å²) in [4.78, 5) is 18.1. The molecular formula is C18H22ClN3O2. The van der Waals surface area contributed by atoms with Crippen LogP contribution in [0.15, 0.2) is 42.7 Å². The van der Waals surface area contributed by atoms with Gasteiger partial charge < -0.3 is 15.4 Å². The van der Waals surface area contributed by atoms with Crippen molar-refractivity contribution in [3.05, 3.63) is 53.3 Å². The molecule has 1 heterocycles. The van der Waals surface area contributed by atoms with Gasteiger partial charge in [0.05, 0.1) is 5.02 Å². The number of rotatable bonds is 6. The largest absolute Gasteiger partial charge is 0.456 e. The highest BCUT2D eigenvalue weighted by Gasteiger charge is 2.22. The molecule has 0 bridgehead atoms. The summed E-state index contributed by atoms with van der Waals surface area (Å²) < 4.78 is 5.69. The average molecular weight is 348 g/mol. The van der Waals surface area contributed by atoms with E-state index in [0.717, 1.165) is 0 Å². The van der Waals surface area contributed by atoms with Crippen LogP contribution in [0.2, 0.25) is 5.02 Å². The van der Waals surface area contributed by atoms with Gasteiger partial charge in [0.2, 0.25) is 0 Å². The SMILES string of the molecule is CN(CC(C)(C)CN)C(=O)c1ccc(Oc2ccncc2)c(Cl)c1. The minimum atomic E-state index is -0.140. The maximum Gasteiger partial charge on any atom is 0.253 e. The first-order chi connectivity index (χ1) is 11.3. The van der Waals surface area contributed by atoms with Gasteiger partial charge in [0.15, 0.2) is 0 Å². The number of amides is 1. The predicted molar refractivity (Wildman–Crippen MR) is 95.6 cm³/mol. The fourth-order valence-corrected chi connectivity index (χ4v) is 2.47. The highest BCUT2D eigenvalue weighted by atomic mass is 35.5. The Morgan fingerprint density at radius 2 is 1.96 bits per heavy atom. The fourth-order valence-electron chi connectivity index (χ4n) is 2.25. The van der Waals surface area contributed by atoms with E-state index < -0.39 is 0 Å². The normalized spacial score (nSPS) is 11.2. The van der Waals surface area contributed by atoms with Gasteiger partial charge in [-0.2, -0.15) is 0 Å². The molecule has 24 heavy (non-hydrogen) atoms. The molecule has 0 spiro atoms. The van der Waals surface area contributed by atoms with Crippen molar-refractivity contribution in [1.82, 2.24) is 9.88 Å². The second kappa shape index (κ2) is 7.64. The Kier molecular flexibility index (Phi) is 5.80. The monoisotopic (exact) mass is 347 g/mol. The first kappa shape index (κ1) is 18.2. The molecule has 0 aliphatic heterocycles. The van der Waals surface area contributed by atoms with Gasteiger partial charge in [0.25, 0.3) is 5.91 Å². The number of aromatic nitrogens is 1. The Morgan fingerprint density at radius 1 is 1.29 bits per heavy atom. The Hall–Kier alpha value is -2.11. The fraction of sp³-hybridized carbons (Fsp3) is 0.333. The molecule has 0 aliphatic rings. The molecule has 0 unspecified atom stereocenters. The van der Waals surface area contributed by atoms with Crippen LogP contribution in [0.3, 0.4) is 0 Å². The zero-order chi connectivity index (χ0) is 17.7. The van der Waals surface area contributed by atoms with Crippen molar-refractivity contribution in [3.63, 3.8) is 0 Å². The Morgan fingerprint density at radius 3 is 2.54 bits per heavy atom. The molecular weight excluding hydrogens is 326 g/mol. The van der Waals surface area contributed by atoms with E-state index in [1.807, 2.05) is 13.8 Å². The van der Waals surface area contributed by atoms with Gasteiger partial charge in [-0.05, 0) is 42.3 Å². The number of benzene rings is 1. The maximum atomic E-state index is 12.5. The lowest BCUT2D eigenvalue weighted by atomic mass is 9.93. The Bertz CT molecular complexity index is 705. The molecule has 0 atom stereocenters. The van der Waals surface area contributed by atoms with Crippen LogP contribution in [0, 0.1) is 5.41 Å². The molecule has 2 N–H and O–H groups in total. The van der Waals surface area contributed by atoms with Crippen LogP contribution < -0.4 is 10.5 Å². The van der Waals surface area contributed by atoms with E-state index in [-0.39, 0.29) is 11.3 Å². The summed E-state index contributed by atoms with van der Waals surface area (Å²) in [6.07, 6.45) is 3.27. The van der Waals surface area contributed by atoms with E-state index in [2.05, 4.69) is 4.98 Å². The topological polar surface area (TPSA) is 68.5 Å². The van der Waals surface area contributed by atoms with Crippen LogP contribution in [0.5, 0.6) is 11.5 Å². The van der Waals surface area contributed by atoms with Gasteiger partial charge in [-0.3, -0.25) is 9.78 Å². The molecule has 0 saturated carbocycles. The number of hydrogen-bond acceptors (Lipinski definition) is 4. The third-order valence-corrected chi connectivity index (χ3v) is 3.92. The van der Waals surface area contributed by atoms with Crippen LogP contribution in [0.25, 0.3) is 0 Å². The van der Waals surface area contributed by atoms with Crippen LogP contribution in [0.1, 0.15) is 24.2 Å². The van der Waals surface area contributed by atoms with E-state index in [4.69, 9.17) is 22.1 Å². The number of ether oxygens (including phenoxy) is 1. The lowest BCUT2D eigenvalue weighted by molar-refractivity contribution is 0.0740. The average Bonchev–Trinajstić information content (AvgIpc) is 2.56. The molecule has 128 valence electrons. The lowest BCUT2D eigenvalue weighted by Crippen LogP contribution is -2.39. The van der Waals surface area contributed by atoms with Gasteiger partial charge >= 0.3 is 0 Å². The Labute approximate surface area is 147 Å². The molecule has 1 amide bonds. The molecule has 1 aromatic heterocycles. The number of carbonyl (C=O) groups is 1. The van der Waals surface area contributed by atoms with E-state index in [0.29, 0.717) is 35.2 Å². The van der Waals surface area contributed by atoms with Crippen molar-refractivity contribution in [2.45, 2.75) is 13.8 Å². The van der Waals surface area contributed by atoms with Gasteiger partial charge in [-0.15, -0.1) is 0 Å². The van der Waals surface area contributed by atoms with Crippen molar-refractivity contribution < 1.29 is 9.53 Å². The van der Waals surface area contributed by atoms with Crippen molar-refractivity contribution in [1.29, 1.82) is 0 Å². The molecule has 6 heteroatoms. The molecule has 0 aliphatic carbocycles. The molecule has 0 fully saturated rings. The van der Waals surface area contributed by atoms with E-state index in [1.165, 1.54) is 0 Å². The van der Waals surface area contributed by atoms with Crippen LogP contribution in [0.4, 0.5) is 0 Å². The van der Waals surface area contributed by atoms with Gasteiger partial charge in [-0.25, -0.2) is 0 Å². The maximum absolute atomic E-state index is 12.5. The van der Waals surface area contributed by atoms with Crippen molar-refractivity contribution in [2.24, 2.45) is 11.1 Å². The highest BCUT2D eigenvalue weighted by molar-refractivity contribution is 6.32. The minimum Gasteiger partial charge on any atom is -0.456 e. The van der Waals surface area contributed by atoms with Gasteiger partial charge in [0.1, 0.15) is 11.5 Å². The van der Waals surface area contributed by atoms with Crippen LogP contribution >= 0.6 is 11.6 Å². The van der Waals surface area contributed by atoms with Crippen LogP contribution in [-0.4, -0.2) is 35.9 Å². The predicted octanol–water partition coefficient (Wildman–Crippen LogP) is 3.58. The first-order valence-electron chi connectivity index (χ1n) is 7.65. The van der Waals surface area contributed by atoms with E-state index >= 15 is 0 Å². The summed E-state index contributed by atoms with van der Waals surface area (Å²) in [5.74, 6) is 1.02. The number of pyridine rings is 1. The quantitative estimate of drug-likeness (QED) is 0.867. The standard InChI is InChI=1S/C18H22ClN3O2/c1-18(2,11-20)12-22(3)17(23)13-4-5-16(15(19)10-13)24-14-6-8-21-9-7-14/h4-10H,11-12,20H2,1-3H3. The number of nitrogens with zero attached hydrogens (tertiary/aromatic N) is 2. The third-order valence-electron chi connectivity index (χ3n) is 3.62. The van der Waals surface area contributed by atoms with Crippen molar-refractivity contribution >= 4 is 17.5 Å². The second-order valence-electron chi connectivity index (χ2n) is 6.46. The molecule has 0 radical (unpaired) electrons. The van der Waals surface area contributed by atoms with Gasteiger partial charge in [-0.1, -0.05) is 25.4 Å². The zero-order valence-electron chi connectivity index (χ0n) is 14.1. The third kappa shape index (κ3) is 4.69. The molecule has 0 saturated heterocycles. The molecule has 2 aromatic rings. The summed E-state index contributed by atoms with van der Waals surface area (Å²) in [5.41, 5.74) is 6.10. The molecule has 2 rings (SSSR count). The number of carbonyl (C=O) groups excluding carboxylic acids is 1. The summed E-state index contributed by atoms with van der Waals surface area (Å²) in [7, 11) is 1.76. The smallest absolute Gasteiger partial charge is 0.253 e. The summed E-state index contributed by atoms with van der Waals surface area (Å²) in [5, 5.41) is 0.379.